The molecule has 8 rings (SSSR count). The Morgan fingerprint density at radius 3 is 2.33 bits per heavy atom. The number of aliphatic hydroxyl groups is 2. The van der Waals surface area contributed by atoms with Gasteiger partial charge in [-0.3, -0.25) is 38.5 Å². The van der Waals surface area contributed by atoms with Crippen LogP contribution in [0.2, 0.25) is 0 Å². The zero-order valence-corrected chi connectivity index (χ0v) is 37.6. The number of benzene rings is 2. The summed E-state index contributed by atoms with van der Waals surface area (Å²) in [5, 5.41) is 30.0. The van der Waals surface area contributed by atoms with Gasteiger partial charge < -0.3 is 35.6 Å². The Kier molecular flexibility index (Phi) is 12.6. The summed E-state index contributed by atoms with van der Waals surface area (Å²) < 4.78 is 46.8. The third kappa shape index (κ3) is 7.83. The summed E-state index contributed by atoms with van der Waals surface area (Å²) in [4.78, 5) is 89.4. The number of Topliss-reactive ketones (excluding diaryl/α,β-unsaturated/α-hetero) is 1. The number of amides is 5. The summed E-state index contributed by atoms with van der Waals surface area (Å²) in [5.41, 5.74) is -4.94. The van der Waals surface area contributed by atoms with E-state index in [9.17, 15) is 43.8 Å². The Morgan fingerprint density at radius 1 is 0.939 bits per heavy atom. The Hall–Kier alpha value is -5.40. The first-order valence-electron chi connectivity index (χ1n) is 21.9. The molecule has 5 N–H and O–H groups in total. The number of aliphatic hydroxyl groups excluding tert-OH is 2. The predicted octanol–water partition coefficient (Wildman–Crippen LogP) is 3.88. The number of alkyl halides is 2. The Labute approximate surface area is 383 Å². The van der Waals surface area contributed by atoms with Crippen LogP contribution in [0.5, 0.6) is 0 Å². The number of thioether (sulfide) groups is 1. The molecule has 18 heteroatoms. The largest absolute Gasteiger partial charge is 0.390 e. The Balaban J connectivity index is 0.862. The Morgan fingerprint density at radius 2 is 1.64 bits per heavy atom. The van der Waals surface area contributed by atoms with Gasteiger partial charge in [0, 0.05) is 63.8 Å². The molecule has 3 saturated carbocycles. The second-order valence-electron chi connectivity index (χ2n) is 18.5. The quantitative estimate of drug-likeness (QED) is 0.135. The minimum atomic E-state index is -2.35. The maximum atomic E-state index is 17.7. The van der Waals surface area contributed by atoms with Gasteiger partial charge in [-0.1, -0.05) is 43.3 Å². The molecule has 0 unspecified atom stereocenters. The van der Waals surface area contributed by atoms with E-state index < -0.39 is 118 Å². The van der Waals surface area contributed by atoms with Crippen LogP contribution in [0, 0.1) is 22.7 Å². The molecule has 4 aliphatic carbocycles. The molecule has 2 aliphatic heterocycles. The predicted molar refractivity (Wildman–Crippen MR) is 234 cm³/mol. The first kappa shape index (κ1) is 47.1. The van der Waals surface area contributed by atoms with E-state index in [1.165, 1.54) is 44.7 Å². The van der Waals surface area contributed by atoms with Gasteiger partial charge in [-0.25, -0.2) is 8.78 Å². The van der Waals surface area contributed by atoms with E-state index >= 15 is 8.78 Å². The van der Waals surface area contributed by atoms with Gasteiger partial charge in [0.05, 0.1) is 12.2 Å². The summed E-state index contributed by atoms with van der Waals surface area (Å²) in [7, 11) is 0. The summed E-state index contributed by atoms with van der Waals surface area (Å²) in [6, 6.07) is 12.5. The molecule has 0 radical (unpaired) electrons. The lowest BCUT2D eigenvalue weighted by Crippen LogP contribution is -2.70. The van der Waals surface area contributed by atoms with Crippen LogP contribution in [-0.4, -0.2) is 111 Å². The number of rotatable bonds is 14. The molecule has 2 aromatic carbocycles. The average Bonchev–Trinajstić information content (AvgIpc) is 3.91. The second kappa shape index (κ2) is 17.7. The van der Waals surface area contributed by atoms with Crippen molar-refractivity contribution < 1.29 is 62.0 Å². The molecule has 4 fully saturated rings. The minimum absolute atomic E-state index is 0.000658. The van der Waals surface area contributed by atoms with Crippen molar-refractivity contribution in [1.82, 2.24) is 15.5 Å². The van der Waals surface area contributed by atoms with Gasteiger partial charge in [0.1, 0.15) is 24.9 Å². The van der Waals surface area contributed by atoms with Gasteiger partial charge in [0.15, 0.2) is 29.1 Å². The van der Waals surface area contributed by atoms with Gasteiger partial charge in [0.25, 0.3) is 11.8 Å². The van der Waals surface area contributed by atoms with Crippen molar-refractivity contribution in [2.24, 2.45) is 22.7 Å². The van der Waals surface area contributed by atoms with Gasteiger partial charge in [-0.05, 0) is 87.4 Å². The van der Waals surface area contributed by atoms with Crippen molar-refractivity contribution in [1.29, 1.82) is 0 Å². The van der Waals surface area contributed by atoms with Crippen LogP contribution in [0.25, 0.3) is 0 Å². The van der Waals surface area contributed by atoms with Crippen molar-refractivity contribution >= 4 is 58.6 Å². The molecule has 6 aliphatic rings. The van der Waals surface area contributed by atoms with E-state index in [0.29, 0.717) is 17.0 Å². The fraction of sp³-hybridized carbons (Fsp3) is 0.479. The van der Waals surface area contributed by atoms with Crippen LogP contribution in [0.4, 0.5) is 14.5 Å². The number of carbonyl (C=O) groups is 7. The van der Waals surface area contributed by atoms with Crippen molar-refractivity contribution in [3.8, 4) is 0 Å². The fourth-order valence-corrected chi connectivity index (χ4v) is 12.1. The lowest BCUT2D eigenvalue weighted by atomic mass is 9.44. The topological polar surface area (TPSA) is 218 Å². The van der Waals surface area contributed by atoms with Crippen LogP contribution < -0.4 is 16.0 Å². The van der Waals surface area contributed by atoms with Crippen LogP contribution in [0.15, 0.2) is 89.4 Å². The van der Waals surface area contributed by atoms with Crippen LogP contribution in [0.3, 0.4) is 0 Å². The molecule has 350 valence electrons. The summed E-state index contributed by atoms with van der Waals surface area (Å²) in [5.74, 6) is -4.98. The molecule has 0 bridgehead atoms. The number of hydrogen-bond donors (Lipinski definition) is 5. The number of allylic oxidation sites excluding steroid dienone is 4. The molecule has 12 atom stereocenters. The van der Waals surface area contributed by atoms with E-state index in [0.717, 1.165) is 33.6 Å². The number of nitrogens with one attached hydrogen (secondary N) is 3. The molecule has 15 nitrogen and oxygen atoms in total. The average molecular weight is 931 g/mol. The maximum Gasteiger partial charge on any atom is 0.253 e. The molecule has 0 aromatic heterocycles. The molecular weight excluding hydrogens is 879 g/mol. The molecule has 2 heterocycles. The molecule has 2 aromatic rings. The zero-order valence-electron chi connectivity index (χ0n) is 36.8. The van der Waals surface area contributed by atoms with Crippen molar-refractivity contribution in [2.75, 3.05) is 18.5 Å². The number of fused-ring (bicyclic) bond motifs is 7. The van der Waals surface area contributed by atoms with Crippen LogP contribution in [0.1, 0.15) is 70.8 Å². The fourth-order valence-electron chi connectivity index (χ4n) is 11.2. The molecule has 66 heavy (non-hydrogen) atoms. The molecular formula is C48H52F2N4O11S. The van der Waals surface area contributed by atoms with Crippen molar-refractivity contribution in [2.45, 2.75) is 112 Å². The highest BCUT2D eigenvalue weighted by Gasteiger charge is 2.80. The second-order valence-corrected chi connectivity index (χ2v) is 19.5. The third-order valence-electron chi connectivity index (χ3n) is 14.7. The van der Waals surface area contributed by atoms with E-state index in [-0.39, 0.29) is 37.8 Å². The minimum Gasteiger partial charge on any atom is -0.390 e. The van der Waals surface area contributed by atoms with Crippen molar-refractivity contribution in [3.05, 3.63) is 95.6 Å². The van der Waals surface area contributed by atoms with E-state index in [1.54, 1.807) is 37.3 Å². The molecule has 1 saturated heterocycles. The SMILES string of the molecule is C[C@H](NC(=O)CCN1C(=O)C=CC1=O)C(=O)N[C@@H](C)C(=O)Nc1cccc(SCc2ccc([C@H]3O[C@@H]4C[C@H]5[C@@H]6C[C@H](F)C7=CC(=O)C=C[C@]7(C)[C@@]6(F)[C@@H](O)C[C@]5(C)[C@]4(C(=O)CO)O3)cc2)c1. The van der Waals surface area contributed by atoms with Crippen molar-refractivity contribution in [3.63, 3.8) is 0 Å². The van der Waals surface area contributed by atoms with Gasteiger partial charge in [0.2, 0.25) is 17.7 Å². The van der Waals surface area contributed by atoms with Gasteiger partial charge in [-0.2, -0.15) is 0 Å². The standard InChI is InChI=1S/C48H52F2N4O11S/c1-25(51-39(59)15-17-54-40(60)12-13-41(54)61)42(62)52-26(2)43(63)53-29-6-5-7-31(18-29)66-24-27-8-10-28(11-9-27)44-64-38-21-32-33-20-35(49)34-19-30(56)14-16-45(34,3)47(33,50)36(57)22-46(32,4)48(38,65-44)37(58)23-55/h5-14,16,18-19,25-26,32-33,35-36,38,44,55,57H,15,17,20-24H2,1-4H3,(H,51,59)(H,52,62)(H,53,63)/t25-,26-,32-,33-,35-,36-,38+,44-,45-,46-,47-,48+/m0/s1. The number of ketones is 2. The monoisotopic (exact) mass is 930 g/mol. The lowest BCUT2D eigenvalue weighted by molar-refractivity contribution is -0.235. The first-order valence-corrected chi connectivity index (χ1v) is 22.9. The number of ether oxygens (including phenoxy) is 2. The first-order chi connectivity index (χ1) is 31.2. The summed E-state index contributed by atoms with van der Waals surface area (Å²) in [6.45, 7) is 5.17. The molecule has 5 amide bonds. The zero-order chi connectivity index (χ0) is 47.5. The number of carbonyl (C=O) groups excluding carboxylic acids is 7. The smallest absolute Gasteiger partial charge is 0.253 e. The highest BCUT2D eigenvalue weighted by atomic mass is 32.2. The van der Waals surface area contributed by atoms with Crippen LogP contribution >= 0.6 is 11.8 Å². The number of nitrogens with zero attached hydrogens (tertiary/aromatic N) is 1. The molecule has 0 spiro atoms. The van der Waals surface area contributed by atoms with Crippen LogP contribution in [-0.2, 0) is 48.8 Å². The van der Waals surface area contributed by atoms with Gasteiger partial charge in [-0.15, -0.1) is 11.8 Å². The number of halogens is 2. The van der Waals surface area contributed by atoms with Gasteiger partial charge >= 0.3 is 0 Å². The normalized spacial score (nSPS) is 33.8. The van der Waals surface area contributed by atoms with E-state index in [4.69, 9.17) is 9.47 Å². The third-order valence-corrected chi connectivity index (χ3v) is 15.7. The lowest BCUT2D eigenvalue weighted by Gasteiger charge is -2.63. The Bertz CT molecular complexity index is 2450. The maximum absolute atomic E-state index is 17.7. The van der Waals surface area contributed by atoms with E-state index in [2.05, 4.69) is 16.0 Å². The summed E-state index contributed by atoms with van der Waals surface area (Å²) in [6.07, 6.45) is 0.0819. The number of imide groups is 1. The highest BCUT2D eigenvalue weighted by Crippen LogP contribution is 2.72. The highest BCUT2D eigenvalue weighted by molar-refractivity contribution is 7.98. The number of hydrogen-bond acceptors (Lipinski definition) is 12. The summed E-state index contributed by atoms with van der Waals surface area (Å²) >= 11 is 1.50. The number of anilines is 1. The van der Waals surface area contributed by atoms with E-state index in [1.807, 2.05) is 18.2 Å².